The molecule has 0 radical (unpaired) electrons. The average Bonchev–Trinajstić information content (AvgIpc) is 3.20. The van der Waals surface area contributed by atoms with E-state index in [2.05, 4.69) is 36.6 Å². The molecule has 0 amide bonds. The van der Waals surface area contributed by atoms with Gasteiger partial charge in [0.2, 0.25) is 5.95 Å². The number of allylic oxidation sites excluding steroid dienone is 1. The van der Waals surface area contributed by atoms with Crippen molar-refractivity contribution in [3.8, 4) is 5.82 Å². The second kappa shape index (κ2) is 10.9. The number of aromatic nitrogens is 5. The molecule has 3 aromatic heterocycles. The van der Waals surface area contributed by atoms with Crippen LogP contribution in [0.4, 0.5) is 17.3 Å². The van der Waals surface area contributed by atoms with Crippen molar-refractivity contribution in [2.45, 2.75) is 11.6 Å². The first-order valence-electron chi connectivity index (χ1n) is 12.3. The molecule has 0 unspecified atom stereocenters. The normalized spacial score (nSPS) is 14.6. The lowest BCUT2D eigenvalue weighted by molar-refractivity contribution is 0.189. The van der Waals surface area contributed by atoms with Crippen LogP contribution in [0, 0.1) is 0 Å². The van der Waals surface area contributed by atoms with E-state index >= 15 is 0 Å². The topological polar surface area (TPSA) is 164 Å². The number of pyridine rings is 1. The van der Waals surface area contributed by atoms with Gasteiger partial charge in [-0.25, -0.2) is 32.9 Å². The van der Waals surface area contributed by atoms with Crippen LogP contribution in [0.2, 0.25) is 0 Å². The van der Waals surface area contributed by atoms with Crippen LogP contribution in [-0.4, -0.2) is 82.1 Å². The van der Waals surface area contributed by atoms with Gasteiger partial charge in [-0.2, -0.15) is 4.98 Å². The standard InChI is InChI=1S/C25H29N9O4S/c1-2-10-33-24(36)20-17-27-25(30-23(20)34(33)21-4-3-5-22(29-21)39(26,37)38)28-18-6-8-19(9-7-18)32-13-11-31(12-14-32)15-16-35/h2-9,17,35H,1,10-16H2,(H2,26,37,38)(H,27,28,30). The number of anilines is 3. The van der Waals surface area contributed by atoms with Gasteiger partial charge in [0.15, 0.2) is 16.5 Å². The molecule has 4 heterocycles. The highest BCUT2D eigenvalue weighted by Gasteiger charge is 2.20. The van der Waals surface area contributed by atoms with Crippen LogP contribution in [0.1, 0.15) is 0 Å². The van der Waals surface area contributed by atoms with Crippen molar-refractivity contribution in [1.29, 1.82) is 0 Å². The van der Waals surface area contributed by atoms with Gasteiger partial charge in [0.05, 0.1) is 13.2 Å². The van der Waals surface area contributed by atoms with Crippen LogP contribution in [-0.2, 0) is 16.6 Å². The highest BCUT2D eigenvalue weighted by molar-refractivity contribution is 7.89. The molecule has 0 atom stereocenters. The maximum absolute atomic E-state index is 13.1. The fourth-order valence-corrected chi connectivity index (χ4v) is 5.03. The quantitative estimate of drug-likeness (QED) is 0.252. The zero-order chi connectivity index (χ0) is 27.6. The summed E-state index contributed by atoms with van der Waals surface area (Å²) in [4.78, 5) is 30.7. The lowest BCUT2D eigenvalue weighted by atomic mass is 10.2. The molecule has 204 valence electrons. The van der Waals surface area contributed by atoms with E-state index in [0.717, 1.165) is 37.6 Å². The van der Waals surface area contributed by atoms with Crippen LogP contribution >= 0.6 is 0 Å². The van der Waals surface area contributed by atoms with Gasteiger partial charge in [-0.3, -0.25) is 9.69 Å². The minimum Gasteiger partial charge on any atom is -0.395 e. The smallest absolute Gasteiger partial charge is 0.278 e. The number of hydrogen-bond acceptors (Lipinski definition) is 10. The fourth-order valence-electron chi connectivity index (χ4n) is 4.54. The molecular weight excluding hydrogens is 522 g/mol. The van der Waals surface area contributed by atoms with Gasteiger partial charge in [-0.15, -0.1) is 6.58 Å². The monoisotopic (exact) mass is 551 g/mol. The molecule has 1 saturated heterocycles. The van der Waals surface area contributed by atoms with Crippen LogP contribution in [0.5, 0.6) is 0 Å². The molecule has 1 fully saturated rings. The molecule has 0 spiro atoms. The van der Waals surface area contributed by atoms with Crippen molar-refractivity contribution in [2.24, 2.45) is 5.14 Å². The average molecular weight is 552 g/mol. The number of aliphatic hydroxyl groups is 1. The summed E-state index contributed by atoms with van der Waals surface area (Å²) in [6, 6.07) is 12.2. The Morgan fingerprint density at radius 2 is 1.82 bits per heavy atom. The fraction of sp³-hybridized carbons (Fsp3) is 0.280. The molecule has 4 N–H and O–H groups in total. The molecule has 14 heteroatoms. The highest BCUT2D eigenvalue weighted by Crippen LogP contribution is 2.22. The predicted molar refractivity (Wildman–Crippen MR) is 148 cm³/mol. The van der Waals surface area contributed by atoms with Crippen LogP contribution in [0.15, 0.2) is 71.1 Å². The molecule has 0 bridgehead atoms. The summed E-state index contributed by atoms with van der Waals surface area (Å²) in [5.74, 6) is 0.406. The third-order valence-electron chi connectivity index (χ3n) is 6.47. The number of nitrogens with two attached hydrogens (primary N) is 1. The molecule has 5 rings (SSSR count). The molecule has 4 aromatic rings. The van der Waals surface area contributed by atoms with Gasteiger partial charge in [-0.05, 0) is 36.4 Å². The molecule has 1 aliphatic heterocycles. The second-order valence-corrected chi connectivity index (χ2v) is 10.5. The van der Waals surface area contributed by atoms with Crippen molar-refractivity contribution in [3.63, 3.8) is 0 Å². The predicted octanol–water partition coefficient (Wildman–Crippen LogP) is 0.669. The largest absolute Gasteiger partial charge is 0.395 e. The molecule has 0 saturated carbocycles. The van der Waals surface area contributed by atoms with Crippen LogP contribution in [0.25, 0.3) is 16.9 Å². The Morgan fingerprint density at radius 3 is 2.49 bits per heavy atom. The second-order valence-electron chi connectivity index (χ2n) is 9.02. The van der Waals surface area contributed by atoms with E-state index in [9.17, 15) is 13.2 Å². The Morgan fingerprint density at radius 1 is 1.08 bits per heavy atom. The van der Waals surface area contributed by atoms with Gasteiger partial charge in [0, 0.05) is 50.3 Å². The maximum atomic E-state index is 13.1. The summed E-state index contributed by atoms with van der Waals surface area (Å²) in [5, 5.41) is 17.5. The number of fused-ring (bicyclic) bond motifs is 1. The van der Waals surface area contributed by atoms with Crippen molar-refractivity contribution in [2.75, 3.05) is 49.5 Å². The van der Waals surface area contributed by atoms with E-state index < -0.39 is 10.0 Å². The zero-order valence-corrected chi connectivity index (χ0v) is 22.0. The van der Waals surface area contributed by atoms with Crippen LogP contribution in [0.3, 0.4) is 0 Å². The molecule has 1 aliphatic rings. The van der Waals surface area contributed by atoms with Gasteiger partial charge >= 0.3 is 0 Å². The third kappa shape index (κ3) is 5.54. The van der Waals surface area contributed by atoms with Crippen LogP contribution < -0.4 is 20.9 Å². The molecule has 1 aromatic carbocycles. The Hall–Kier alpha value is -4.11. The first-order valence-corrected chi connectivity index (χ1v) is 13.9. The lowest BCUT2D eigenvalue weighted by Crippen LogP contribution is -2.47. The number of β-amino-alcohol motifs (C(OH)–C–C–N with tert-alkyl or cyclic N) is 1. The number of primary sulfonamides is 1. The van der Waals surface area contributed by atoms with Gasteiger partial charge in [0.1, 0.15) is 5.39 Å². The zero-order valence-electron chi connectivity index (χ0n) is 21.1. The summed E-state index contributed by atoms with van der Waals surface area (Å²) in [6.07, 6.45) is 2.97. The number of sulfonamides is 1. The molecule has 13 nitrogen and oxygen atoms in total. The number of rotatable bonds is 9. The summed E-state index contributed by atoms with van der Waals surface area (Å²) in [6.45, 7) is 8.27. The molecular formula is C25H29N9O4S. The number of hydrogen-bond donors (Lipinski definition) is 3. The maximum Gasteiger partial charge on any atom is 0.278 e. The first kappa shape index (κ1) is 26.5. The van der Waals surface area contributed by atoms with E-state index in [4.69, 9.17) is 10.2 Å². The van der Waals surface area contributed by atoms with E-state index in [1.807, 2.05) is 24.3 Å². The highest BCUT2D eigenvalue weighted by atomic mass is 32.2. The van der Waals surface area contributed by atoms with Gasteiger partial charge in [0.25, 0.3) is 15.6 Å². The minimum atomic E-state index is -4.06. The number of piperazine rings is 1. The third-order valence-corrected chi connectivity index (χ3v) is 7.28. The van der Waals surface area contributed by atoms with E-state index in [1.54, 1.807) is 12.1 Å². The Bertz CT molecular complexity index is 1660. The number of benzene rings is 1. The Labute approximate surface area is 224 Å². The summed E-state index contributed by atoms with van der Waals surface area (Å²) < 4.78 is 26.6. The SMILES string of the molecule is C=CCn1c(=O)c2cnc(Nc3ccc(N4CCN(CCO)CC4)cc3)nc2n1-c1cccc(S(N)(=O)=O)n1. The van der Waals surface area contributed by atoms with Crippen molar-refractivity contribution >= 4 is 38.4 Å². The minimum absolute atomic E-state index is 0.134. The number of aliphatic hydroxyl groups excluding tert-OH is 1. The lowest BCUT2D eigenvalue weighted by Gasteiger charge is -2.35. The van der Waals surface area contributed by atoms with Gasteiger partial charge < -0.3 is 15.3 Å². The Balaban J connectivity index is 1.44. The summed E-state index contributed by atoms with van der Waals surface area (Å²) in [5.41, 5.74) is 1.72. The van der Waals surface area contributed by atoms with E-state index in [1.165, 1.54) is 27.7 Å². The van der Waals surface area contributed by atoms with Crippen molar-refractivity contribution in [3.05, 3.63) is 71.7 Å². The first-order chi connectivity index (χ1) is 18.8. The summed E-state index contributed by atoms with van der Waals surface area (Å²) >= 11 is 0. The van der Waals surface area contributed by atoms with E-state index in [0.29, 0.717) is 6.54 Å². The van der Waals surface area contributed by atoms with Crippen molar-refractivity contribution in [1.82, 2.24) is 29.2 Å². The Kier molecular flexibility index (Phi) is 7.43. The molecule has 0 aliphatic carbocycles. The van der Waals surface area contributed by atoms with E-state index in [-0.39, 0.29) is 46.5 Å². The number of nitrogens with one attached hydrogen (secondary N) is 1. The van der Waals surface area contributed by atoms with Crippen molar-refractivity contribution < 1.29 is 13.5 Å². The van der Waals surface area contributed by atoms with Gasteiger partial charge in [-0.1, -0.05) is 12.1 Å². The number of nitrogens with zero attached hydrogens (tertiary/aromatic N) is 7. The molecule has 39 heavy (non-hydrogen) atoms. The summed E-state index contributed by atoms with van der Waals surface area (Å²) in [7, 11) is -4.06.